The van der Waals surface area contributed by atoms with Gasteiger partial charge in [0.2, 0.25) is 5.91 Å². The first kappa shape index (κ1) is 26.3. The van der Waals surface area contributed by atoms with E-state index in [-0.39, 0.29) is 25.4 Å². The lowest BCUT2D eigenvalue weighted by Gasteiger charge is -2.19. The van der Waals surface area contributed by atoms with Gasteiger partial charge in [0.15, 0.2) is 0 Å². The third-order valence-electron chi connectivity index (χ3n) is 4.17. The van der Waals surface area contributed by atoms with Crippen LogP contribution in [0.4, 0.5) is 5.69 Å². The number of carbonyl (C=O) groups is 3. The largest absolute Gasteiger partial charge is 0.391 e. The number of nitrogens with one attached hydrogen (secondary N) is 4. The standard InChI is InChI=1S/C22H24N4O5.CH4/c1-14(27)20(22(30)26-31)25-21(29)17-9-5-15(6-10-17)3-4-16-7-11-18(12-8-16)24-19(28)13-23-2;/h5-12,14,20,23,27,31H,13H2,1-2H3,(H,24,28)(H,25,29)(H,26,30);1H4/t14-,20+;/m1./s1. The van der Waals surface area contributed by atoms with Crippen molar-refractivity contribution in [3.8, 4) is 11.8 Å². The van der Waals surface area contributed by atoms with E-state index in [9.17, 15) is 19.5 Å². The average Bonchev–Trinajstić information content (AvgIpc) is 2.76. The van der Waals surface area contributed by atoms with Crippen LogP contribution in [-0.2, 0) is 9.59 Å². The minimum atomic E-state index is -1.29. The van der Waals surface area contributed by atoms with Gasteiger partial charge in [0.05, 0.1) is 12.6 Å². The molecule has 9 nitrogen and oxygen atoms in total. The number of anilines is 1. The molecule has 0 bridgehead atoms. The molecule has 2 rings (SSSR count). The van der Waals surface area contributed by atoms with Gasteiger partial charge in [0.1, 0.15) is 6.04 Å². The number of carbonyl (C=O) groups excluding carboxylic acids is 3. The van der Waals surface area contributed by atoms with Crippen molar-refractivity contribution in [3.63, 3.8) is 0 Å². The number of aliphatic hydroxyl groups is 1. The summed E-state index contributed by atoms with van der Waals surface area (Å²) in [6.45, 7) is 1.55. The summed E-state index contributed by atoms with van der Waals surface area (Å²) in [5.41, 5.74) is 3.77. The van der Waals surface area contributed by atoms with Crippen molar-refractivity contribution in [1.29, 1.82) is 0 Å². The molecule has 0 unspecified atom stereocenters. The molecule has 0 aliphatic heterocycles. The smallest absolute Gasteiger partial charge is 0.268 e. The van der Waals surface area contributed by atoms with Crippen molar-refractivity contribution in [2.45, 2.75) is 26.5 Å². The minimum absolute atomic E-state index is 0. The highest BCUT2D eigenvalue weighted by Gasteiger charge is 2.25. The van der Waals surface area contributed by atoms with Crippen LogP contribution in [-0.4, -0.2) is 53.8 Å². The van der Waals surface area contributed by atoms with E-state index in [0.29, 0.717) is 11.3 Å². The van der Waals surface area contributed by atoms with Crippen molar-refractivity contribution in [1.82, 2.24) is 16.1 Å². The second kappa shape index (κ2) is 12.9. The van der Waals surface area contributed by atoms with Crippen LogP contribution in [0.15, 0.2) is 48.5 Å². The molecule has 170 valence electrons. The molecule has 9 heteroatoms. The highest BCUT2D eigenvalue weighted by Crippen LogP contribution is 2.09. The molecular weight excluding hydrogens is 412 g/mol. The van der Waals surface area contributed by atoms with Crippen LogP contribution < -0.4 is 21.4 Å². The number of hydroxylamine groups is 1. The molecule has 0 heterocycles. The Balaban J connectivity index is 0.00000512. The second-order valence-electron chi connectivity index (χ2n) is 6.65. The molecule has 0 saturated carbocycles. The third-order valence-corrected chi connectivity index (χ3v) is 4.17. The number of hydrogen-bond acceptors (Lipinski definition) is 6. The SMILES string of the molecule is C.CNCC(=O)Nc1ccc(C#Cc2ccc(C(=O)N[C@H](C(=O)NO)[C@@H](C)O)cc2)cc1. The maximum absolute atomic E-state index is 12.3. The number of benzene rings is 2. The third kappa shape index (κ3) is 7.85. The molecular formula is C23H28N4O5. The Bertz CT molecular complexity index is 976. The normalized spacial score (nSPS) is 11.6. The van der Waals surface area contributed by atoms with E-state index in [4.69, 9.17) is 5.21 Å². The molecule has 2 atom stereocenters. The summed E-state index contributed by atoms with van der Waals surface area (Å²) < 4.78 is 0. The van der Waals surface area contributed by atoms with E-state index in [1.54, 1.807) is 43.4 Å². The van der Waals surface area contributed by atoms with E-state index in [0.717, 1.165) is 5.56 Å². The van der Waals surface area contributed by atoms with Gasteiger partial charge in [-0.15, -0.1) is 0 Å². The summed E-state index contributed by atoms with van der Waals surface area (Å²) in [5, 5.41) is 26.2. The first-order valence-corrected chi connectivity index (χ1v) is 9.43. The predicted molar refractivity (Wildman–Crippen MR) is 121 cm³/mol. The zero-order chi connectivity index (χ0) is 22.8. The van der Waals surface area contributed by atoms with Gasteiger partial charge in [-0.2, -0.15) is 0 Å². The summed E-state index contributed by atoms with van der Waals surface area (Å²) in [5.74, 6) is 4.34. The zero-order valence-corrected chi connectivity index (χ0v) is 17.1. The van der Waals surface area contributed by atoms with Gasteiger partial charge in [0.25, 0.3) is 11.8 Å². The van der Waals surface area contributed by atoms with Crippen LogP contribution in [0.5, 0.6) is 0 Å². The fourth-order valence-electron chi connectivity index (χ4n) is 2.55. The van der Waals surface area contributed by atoms with Gasteiger partial charge >= 0.3 is 0 Å². The fraction of sp³-hybridized carbons (Fsp3) is 0.261. The van der Waals surface area contributed by atoms with Crippen molar-refractivity contribution in [2.75, 3.05) is 18.9 Å². The Morgan fingerprint density at radius 1 is 0.969 bits per heavy atom. The van der Waals surface area contributed by atoms with Gasteiger partial charge in [-0.25, -0.2) is 5.48 Å². The van der Waals surface area contributed by atoms with Crippen molar-refractivity contribution in [2.24, 2.45) is 0 Å². The maximum Gasteiger partial charge on any atom is 0.268 e. The van der Waals surface area contributed by atoms with Gasteiger partial charge < -0.3 is 21.1 Å². The molecule has 0 aliphatic rings. The van der Waals surface area contributed by atoms with E-state index >= 15 is 0 Å². The quantitative estimate of drug-likeness (QED) is 0.214. The van der Waals surface area contributed by atoms with Crippen molar-refractivity contribution in [3.05, 3.63) is 65.2 Å². The number of likely N-dealkylation sites (N-methyl/N-ethyl adjacent to an activating group) is 1. The average molecular weight is 441 g/mol. The predicted octanol–water partition coefficient (Wildman–Crippen LogP) is 0.865. The first-order valence-electron chi connectivity index (χ1n) is 9.43. The number of hydrogen-bond donors (Lipinski definition) is 6. The monoisotopic (exact) mass is 440 g/mol. The molecule has 0 aromatic heterocycles. The lowest BCUT2D eigenvalue weighted by atomic mass is 10.1. The Labute approximate surface area is 187 Å². The van der Waals surface area contributed by atoms with Gasteiger partial charge in [-0.3, -0.25) is 19.6 Å². The van der Waals surface area contributed by atoms with Gasteiger partial charge in [-0.1, -0.05) is 19.3 Å². The van der Waals surface area contributed by atoms with E-state index in [1.807, 2.05) is 0 Å². The van der Waals surface area contributed by atoms with Crippen LogP contribution in [0.3, 0.4) is 0 Å². The molecule has 0 aliphatic carbocycles. The Morgan fingerprint density at radius 2 is 1.50 bits per heavy atom. The number of aliphatic hydroxyl groups excluding tert-OH is 1. The molecule has 6 N–H and O–H groups in total. The molecule has 0 saturated heterocycles. The minimum Gasteiger partial charge on any atom is -0.391 e. The Kier molecular flexibility index (Phi) is 10.6. The van der Waals surface area contributed by atoms with Crippen LogP contribution in [0.25, 0.3) is 0 Å². The lowest BCUT2D eigenvalue weighted by Crippen LogP contribution is -2.51. The summed E-state index contributed by atoms with van der Waals surface area (Å²) >= 11 is 0. The second-order valence-corrected chi connectivity index (χ2v) is 6.65. The lowest BCUT2D eigenvalue weighted by molar-refractivity contribution is -0.133. The number of rotatable bonds is 7. The maximum atomic E-state index is 12.3. The zero-order valence-electron chi connectivity index (χ0n) is 17.1. The number of amides is 3. The van der Waals surface area contributed by atoms with Crippen molar-refractivity contribution < 1.29 is 24.7 Å². The summed E-state index contributed by atoms with van der Waals surface area (Å²) in [6.07, 6.45) is -1.19. The van der Waals surface area contributed by atoms with Gasteiger partial charge in [-0.05, 0) is 62.5 Å². The molecule has 3 amide bonds. The summed E-state index contributed by atoms with van der Waals surface area (Å²) in [4.78, 5) is 35.3. The van der Waals surface area contributed by atoms with E-state index in [2.05, 4.69) is 27.8 Å². The van der Waals surface area contributed by atoms with Gasteiger partial charge in [0, 0.05) is 22.4 Å². The summed E-state index contributed by atoms with van der Waals surface area (Å²) in [7, 11) is 1.69. The molecule has 32 heavy (non-hydrogen) atoms. The molecule has 0 spiro atoms. The van der Waals surface area contributed by atoms with Crippen LogP contribution in [0.1, 0.15) is 35.8 Å². The van der Waals surface area contributed by atoms with E-state index < -0.39 is 24.0 Å². The van der Waals surface area contributed by atoms with Crippen LogP contribution >= 0.6 is 0 Å². The Hall–Kier alpha value is -3.71. The first-order chi connectivity index (χ1) is 14.8. The topological polar surface area (TPSA) is 140 Å². The van der Waals surface area contributed by atoms with Crippen LogP contribution in [0, 0.1) is 11.8 Å². The molecule has 2 aromatic carbocycles. The highest BCUT2D eigenvalue weighted by molar-refractivity contribution is 5.97. The summed E-state index contributed by atoms with van der Waals surface area (Å²) in [6, 6.07) is 12.2. The molecule has 2 aromatic rings. The van der Waals surface area contributed by atoms with Crippen molar-refractivity contribution >= 4 is 23.4 Å². The van der Waals surface area contributed by atoms with Crippen LogP contribution in [0.2, 0.25) is 0 Å². The molecule has 0 fully saturated rings. The fourth-order valence-corrected chi connectivity index (χ4v) is 2.55. The van der Waals surface area contributed by atoms with E-state index in [1.165, 1.54) is 24.5 Å². The Morgan fingerprint density at radius 3 is 1.97 bits per heavy atom. The highest BCUT2D eigenvalue weighted by atomic mass is 16.5. The molecule has 0 radical (unpaired) electrons.